The molecule has 2 rings (SSSR count). The highest BCUT2D eigenvalue weighted by Gasteiger charge is 2.21. The molecular weight excluding hydrogens is 196 g/mol. The summed E-state index contributed by atoms with van der Waals surface area (Å²) < 4.78 is 0. The first-order chi connectivity index (χ1) is 7.74. The number of nitrogens with zero attached hydrogens (tertiary/aromatic N) is 1. The molecule has 1 aliphatic heterocycles. The average molecular weight is 224 g/mol. The largest absolute Gasteiger partial charge is 0.313 e. The van der Waals surface area contributed by atoms with Crippen molar-refractivity contribution in [2.75, 3.05) is 26.2 Å². The lowest BCUT2D eigenvalue weighted by Crippen LogP contribution is -2.43. The minimum absolute atomic E-state index is 0.833. The highest BCUT2D eigenvalue weighted by atomic mass is 15.1. The van der Waals surface area contributed by atoms with Gasteiger partial charge in [0.25, 0.3) is 0 Å². The maximum atomic E-state index is 3.72. The van der Waals surface area contributed by atoms with Crippen LogP contribution in [0.5, 0.6) is 0 Å². The number of rotatable bonds is 4. The number of hydrogen-bond acceptors (Lipinski definition) is 2. The first-order valence-electron chi connectivity index (χ1n) is 7.20. The Kier molecular flexibility index (Phi) is 4.66. The molecular formula is C14H28N2. The first kappa shape index (κ1) is 12.4. The summed E-state index contributed by atoms with van der Waals surface area (Å²) in [5.41, 5.74) is 0. The zero-order chi connectivity index (χ0) is 11.4. The Morgan fingerprint density at radius 3 is 2.31 bits per heavy atom. The van der Waals surface area contributed by atoms with E-state index in [-0.39, 0.29) is 0 Å². The van der Waals surface area contributed by atoms with E-state index in [0.29, 0.717) is 0 Å². The Morgan fingerprint density at radius 1 is 1.06 bits per heavy atom. The Hall–Kier alpha value is -0.0800. The van der Waals surface area contributed by atoms with Crippen LogP contribution < -0.4 is 5.32 Å². The lowest BCUT2D eigenvalue weighted by atomic mass is 9.92. The van der Waals surface area contributed by atoms with Crippen molar-refractivity contribution < 1.29 is 0 Å². The number of nitrogens with one attached hydrogen (secondary N) is 1. The van der Waals surface area contributed by atoms with E-state index in [1.807, 2.05) is 0 Å². The molecule has 0 aromatic carbocycles. The molecule has 0 spiro atoms. The lowest BCUT2D eigenvalue weighted by Gasteiger charge is -2.35. The molecule has 1 aliphatic carbocycles. The molecule has 16 heavy (non-hydrogen) atoms. The van der Waals surface area contributed by atoms with Gasteiger partial charge in [-0.2, -0.15) is 0 Å². The summed E-state index contributed by atoms with van der Waals surface area (Å²) in [4.78, 5) is 2.65. The maximum Gasteiger partial charge on any atom is 0.0107 e. The zero-order valence-corrected chi connectivity index (χ0v) is 11.0. The van der Waals surface area contributed by atoms with Crippen LogP contribution in [0, 0.1) is 11.8 Å². The third-order valence-electron chi connectivity index (χ3n) is 4.16. The van der Waals surface area contributed by atoms with Crippen LogP contribution in [0.15, 0.2) is 0 Å². The summed E-state index contributed by atoms with van der Waals surface area (Å²) >= 11 is 0. The predicted molar refractivity (Wildman–Crippen MR) is 69.6 cm³/mol. The quantitative estimate of drug-likeness (QED) is 0.789. The van der Waals surface area contributed by atoms with E-state index in [2.05, 4.69) is 24.1 Å². The fourth-order valence-electron chi connectivity index (χ4n) is 3.53. The summed E-state index contributed by atoms with van der Waals surface area (Å²) in [6.07, 6.45) is 7.12. The Labute approximate surface area is 101 Å². The van der Waals surface area contributed by atoms with Gasteiger partial charge >= 0.3 is 0 Å². The van der Waals surface area contributed by atoms with E-state index in [4.69, 9.17) is 0 Å². The monoisotopic (exact) mass is 224 g/mol. The van der Waals surface area contributed by atoms with Crippen molar-refractivity contribution in [3.63, 3.8) is 0 Å². The molecule has 2 fully saturated rings. The minimum Gasteiger partial charge on any atom is -0.313 e. The molecule has 1 heterocycles. The second-order valence-corrected chi connectivity index (χ2v) is 6.14. The van der Waals surface area contributed by atoms with Crippen molar-refractivity contribution in [1.29, 1.82) is 0 Å². The van der Waals surface area contributed by atoms with Gasteiger partial charge < -0.3 is 10.2 Å². The molecule has 0 bridgehead atoms. The van der Waals surface area contributed by atoms with Crippen molar-refractivity contribution in [3.05, 3.63) is 0 Å². The van der Waals surface area contributed by atoms with E-state index in [1.54, 1.807) is 0 Å². The van der Waals surface area contributed by atoms with E-state index < -0.39 is 0 Å². The van der Waals surface area contributed by atoms with E-state index in [9.17, 15) is 0 Å². The highest BCUT2D eigenvalue weighted by Crippen LogP contribution is 2.20. The highest BCUT2D eigenvalue weighted by molar-refractivity contribution is 4.77. The molecule has 0 amide bonds. The van der Waals surface area contributed by atoms with Gasteiger partial charge in [-0.05, 0) is 31.1 Å². The van der Waals surface area contributed by atoms with Gasteiger partial charge in [-0.25, -0.2) is 0 Å². The van der Waals surface area contributed by atoms with Gasteiger partial charge in [-0.3, -0.25) is 0 Å². The maximum absolute atomic E-state index is 3.72. The van der Waals surface area contributed by atoms with Gasteiger partial charge in [0, 0.05) is 32.2 Å². The summed E-state index contributed by atoms with van der Waals surface area (Å²) in [7, 11) is 0. The Balaban J connectivity index is 1.61. The molecule has 1 saturated carbocycles. The molecule has 1 N–H and O–H groups in total. The van der Waals surface area contributed by atoms with Gasteiger partial charge in [-0.15, -0.1) is 0 Å². The number of likely N-dealkylation sites (tertiary alicyclic amines) is 1. The van der Waals surface area contributed by atoms with E-state index in [0.717, 1.165) is 17.9 Å². The van der Waals surface area contributed by atoms with Crippen LogP contribution in [0.2, 0.25) is 0 Å². The molecule has 2 nitrogen and oxygen atoms in total. The van der Waals surface area contributed by atoms with Crippen molar-refractivity contribution >= 4 is 0 Å². The van der Waals surface area contributed by atoms with Crippen LogP contribution >= 0.6 is 0 Å². The van der Waals surface area contributed by atoms with Crippen LogP contribution in [0.25, 0.3) is 0 Å². The summed E-state index contributed by atoms with van der Waals surface area (Å²) in [6.45, 7) is 9.88. The molecule has 1 saturated heterocycles. The third kappa shape index (κ3) is 3.74. The van der Waals surface area contributed by atoms with Crippen LogP contribution in [-0.2, 0) is 0 Å². The SMILES string of the molecule is CC1CC(C)CN(CCNC2CCCC2)C1. The Morgan fingerprint density at radius 2 is 1.69 bits per heavy atom. The normalized spacial score (nSPS) is 33.4. The summed E-state index contributed by atoms with van der Waals surface area (Å²) in [6, 6.07) is 0.833. The van der Waals surface area contributed by atoms with E-state index >= 15 is 0 Å². The van der Waals surface area contributed by atoms with Gasteiger partial charge in [0.05, 0.1) is 0 Å². The summed E-state index contributed by atoms with van der Waals surface area (Å²) in [5.74, 6) is 1.80. The van der Waals surface area contributed by atoms with Crippen molar-refractivity contribution in [2.24, 2.45) is 11.8 Å². The number of hydrogen-bond donors (Lipinski definition) is 1. The molecule has 2 unspecified atom stereocenters. The third-order valence-corrected chi connectivity index (χ3v) is 4.16. The zero-order valence-electron chi connectivity index (χ0n) is 11.0. The predicted octanol–water partition coefficient (Wildman–Crippen LogP) is 2.50. The summed E-state index contributed by atoms with van der Waals surface area (Å²) in [5, 5.41) is 3.72. The van der Waals surface area contributed by atoms with Crippen molar-refractivity contribution in [2.45, 2.75) is 52.0 Å². The second kappa shape index (κ2) is 6.02. The fourth-order valence-corrected chi connectivity index (χ4v) is 3.53. The van der Waals surface area contributed by atoms with Crippen molar-refractivity contribution in [3.8, 4) is 0 Å². The van der Waals surface area contributed by atoms with Crippen molar-refractivity contribution in [1.82, 2.24) is 10.2 Å². The molecule has 0 aromatic rings. The molecule has 0 aromatic heterocycles. The van der Waals surface area contributed by atoms with Gasteiger partial charge in [0.1, 0.15) is 0 Å². The lowest BCUT2D eigenvalue weighted by molar-refractivity contribution is 0.141. The van der Waals surface area contributed by atoms with Crippen LogP contribution in [0.4, 0.5) is 0 Å². The number of piperidine rings is 1. The van der Waals surface area contributed by atoms with Gasteiger partial charge in [-0.1, -0.05) is 26.7 Å². The molecule has 2 atom stereocenters. The smallest absolute Gasteiger partial charge is 0.0107 e. The Bertz CT molecular complexity index is 189. The minimum atomic E-state index is 0.833. The van der Waals surface area contributed by atoms with E-state index in [1.165, 1.54) is 58.3 Å². The van der Waals surface area contributed by atoms with Crippen LogP contribution in [0.3, 0.4) is 0 Å². The van der Waals surface area contributed by atoms with Crippen LogP contribution in [-0.4, -0.2) is 37.1 Å². The second-order valence-electron chi connectivity index (χ2n) is 6.14. The van der Waals surface area contributed by atoms with Gasteiger partial charge in [0.15, 0.2) is 0 Å². The molecule has 94 valence electrons. The van der Waals surface area contributed by atoms with Crippen LogP contribution in [0.1, 0.15) is 46.0 Å². The average Bonchev–Trinajstić information content (AvgIpc) is 2.69. The first-order valence-corrected chi connectivity index (χ1v) is 7.20. The topological polar surface area (TPSA) is 15.3 Å². The van der Waals surface area contributed by atoms with Gasteiger partial charge in [0.2, 0.25) is 0 Å². The molecule has 2 heteroatoms. The standard InChI is InChI=1S/C14H28N2/c1-12-9-13(2)11-16(10-12)8-7-15-14-5-3-4-6-14/h12-15H,3-11H2,1-2H3. The fraction of sp³-hybridized carbons (Fsp3) is 1.00. The molecule has 2 aliphatic rings. The molecule has 0 radical (unpaired) electrons.